The molecular formula is C9H9BrN2S2. The molecule has 0 aliphatic carbocycles. The van der Waals surface area contributed by atoms with Crippen LogP contribution in [-0.4, -0.2) is 12.0 Å². The van der Waals surface area contributed by atoms with Gasteiger partial charge in [0.15, 0.2) is 0 Å². The molecule has 5 heteroatoms. The molecule has 2 heterocycles. The third kappa shape index (κ3) is 1.91. The molecule has 0 radical (unpaired) electrons. The molecular weight excluding hydrogens is 280 g/mol. The van der Waals surface area contributed by atoms with Gasteiger partial charge in [0, 0.05) is 20.9 Å². The van der Waals surface area contributed by atoms with E-state index in [9.17, 15) is 0 Å². The van der Waals surface area contributed by atoms with Crippen molar-refractivity contribution in [3.05, 3.63) is 37.4 Å². The summed E-state index contributed by atoms with van der Waals surface area (Å²) in [5.74, 6) is 0. The Labute approximate surface area is 99.1 Å². The molecule has 0 aromatic carbocycles. The Bertz CT molecular complexity index is 397. The van der Waals surface area contributed by atoms with Crippen molar-refractivity contribution in [3.8, 4) is 0 Å². The van der Waals surface area contributed by atoms with Gasteiger partial charge in [-0.25, -0.2) is 4.98 Å². The van der Waals surface area contributed by atoms with Gasteiger partial charge in [-0.15, -0.1) is 22.7 Å². The van der Waals surface area contributed by atoms with Crippen LogP contribution in [-0.2, 0) is 0 Å². The van der Waals surface area contributed by atoms with Crippen molar-refractivity contribution in [2.24, 2.45) is 0 Å². The highest BCUT2D eigenvalue weighted by atomic mass is 79.9. The van der Waals surface area contributed by atoms with Crippen LogP contribution in [0.2, 0.25) is 0 Å². The summed E-state index contributed by atoms with van der Waals surface area (Å²) in [5, 5.41) is 8.46. The lowest BCUT2D eigenvalue weighted by Gasteiger charge is -2.11. The molecule has 2 nitrogen and oxygen atoms in total. The summed E-state index contributed by atoms with van der Waals surface area (Å²) in [7, 11) is 1.96. The van der Waals surface area contributed by atoms with Gasteiger partial charge in [0.2, 0.25) is 0 Å². The average Bonchev–Trinajstić information content (AvgIpc) is 2.80. The number of thiophene rings is 1. The summed E-state index contributed by atoms with van der Waals surface area (Å²) in [6.45, 7) is 0. The highest BCUT2D eigenvalue weighted by Gasteiger charge is 2.18. The third-order valence-corrected chi connectivity index (χ3v) is 4.67. The monoisotopic (exact) mass is 288 g/mol. The molecule has 1 atom stereocenters. The number of hydrogen-bond donors (Lipinski definition) is 1. The first-order valence-electron chi connectivity index (χ1n) is 4.12. The fourth-order valence-electron chi connectivity index (χ4n) is 1.26. The molecule has 0 saturated carbocycles. The zero-order chi connectivity index (χ0) is 9.97. The molecule has 0 amide bonds. The Hall–Kier alpha value is -0.230. The Morgan fingerprint density at radius 2 is 2.29 bits per heavy atom. The Morgan fingerprint density at radius 3 is 2.79 bits per heavy atom. The van der Waals surface area contributed by atoms with Crippen molar-refractivity contribution in [2.75, 3.05) is 7.05 Å². The summed E-state index contributed by atoms with van der Waals surface area (Å²) >= 11 is 6.95. The Kier molecular flexibility index (Phi) is 3.33. The standard InChI is InChI=1S/C9H9BrN2S2/c1-11-7(9-12-3-5-14-9)8-6(10)2-4-13-8/h2-5,7,11H,1H3. The molecule has 0 saturated heterocycles. The maximum absolute atomic E-state index is 4.33. The molecule has 14 heavy (non-hydrogen) atoms. The van der Waals surface area contributed by atoms with Crippen molar-refractivity contribution in [1.29, 1.82) is 0 Å². The van der Waals surface area contributed by atoms with Crippen molar-refractivity contribution >= 4 is 38.6 Å². The zero-order valence-corrected chi connectivity index (χ0v) is 10.7. The summed E-state index contributed by atoms with van der Waals surface area (Å²) in [4.78, 5) is 5.61. The predicted octanol–water partition coefficient (Wildman–Crippen LogP) is 3.28. The first-order valence-corrected chi connectivity index (χ1v) is 6.67. The summed E-state index contributed by atoms with van der Waals surface area (Å²) in [6, 6.07) is 2.28. The number of rotatable bonds is 3. The highest BCUT2D eigenvalue weighted by Crippen LogP contribution is 2.33. The Balaban J connectivity index is 2.36. The number of hydrogen-bond acceptors (Lipinski definition) is 4. The van der Waals surface area contributed by atoms with Crippen LogP contribution in [0.4, 0.5) is 0 Å². The van der Waals surface area contributed by atoms with E-state index in [4.69, 9.17) is 0 Å². The van der Waals surface area contributed by atoms with Gasteiger partial charge in [0.05, 0.1) is 6.04 Å². The fourth-order valence-corrected chi connectivity index (χ4v) is 3.80. The van der Waals surface area contributed by atoms with E-state index in [-0.39, 0.29) is 6.04 Å². The van der Waals surface area contributed by atoms with Gasteiger partial charge in [-0.3, -0.25) is 0 Å². The molecule has 1 N–H and O–H groups in total. The minimum Gasteiger partial charge on any atom is -0.307 e. The van der Waals surface area contributed by atoms with Gasteiger partial charge in [-0.2, -0.15) is 0 Å². The van der Waals surface area contributed by atoms with E-state index in [0.29, 0.717) is 0 Å². The van der Waals surface area contributed by atoms with Gasteiger partial charge in [0.1, 0.15) is 5.01 Å². The van der Waals surface area contributed by atoms with E-state index in [1.165, 1.54) is 4.88 Å². The second-order valence-electron chi connectivity index (χ2n) is 2.72. The van der Waals surface area contributed by atoms with Crippen LogP contribution in [0, 0.1) is 0 Å². The topological polar surface area (TPSA) is 24.9 Å². The lowest BCUT2D eigenvalue weighted by molar-refractivity contribution is 0.696. The lowest BCUT2D eigenvalue weighted by Crippen LogP contribution is -2.16. The van der Waals surface area contributed by atoms with Crippen molar-refractivity contribution in [2.45, 2.75) is 6.04 Å². The number of halogens is 1. The molecule has 0 aliphatic rings. The van der Waals surface area contributed by atoms with E-state index in [0.717, 1.165) is 9.48 Å². The van der Waals surface area contributed by atoms with Gasteiger partial charge >= 0.3 is 0 Å². The van der Waals surface area contributed by atoms with Gasteiger partial charge in [-0.1, -0.05) is 0 Å². The van der Waals surface area contributed by atoms with Crippen molar-refractivity contribution < 1.29 is 0 Å². The van der Waals surface area contributed by atoms with Crippen LogP contribution in [0.5, 0.6) is 0 Å². The van der Waals surface area contributed by atoms with Crippen molar-refractivity contribution in [1.82, 2.24) is 10.3 Å². The third-order valence-electron chi connectivity index (χ3n) is 1.89. The quantitative estimate of drug-likeness (QED) is 0.938. The van der Waals surface area contributed by atoms with Crippen LogP contribution in [0.15, 0.2) is 27.5 Å². The predicted molar refractivity (Wildman–Crippen MR) is 65.0 cm³/mol. The minimum atomic E-state index is 0.212. The summed E-state index contributed by atoms with van der Waals surface area (Å²) < 4.78 is 1.15. The van der Waals surface area contributed by atoms with E-state index in [1.54, 1.807) is 22.7 Å². The van der Waals surface area contributed by atoms with Crippen molar-refractivity contribution in [3.63, 3.8) is 0 Å². The summed E-state index contributed by atoms with van der Waals surface area (Å²) in [5.41, 5.74) is 0. The Morgan fingerprint density at radius 1 is 1.43 bits per heavy atom. The lowest BCUT2D eigenvalue weighted by atomic mass is 10.2. The first-order chi connectivity index (χ1) is 6.83. The molecule has 0 aliphatic heterocycles. The SMILES string of the molecule is CNC(c1nccs1)c1sccc1Br. The number of nitrogens with one attached hydrogen (secondary N) is 1. The normalized spacial score (nSPS) is 13.0. The number of aromatic nitrogens is 1. The van der Waals surface area contributed by atoms with E-state index < -0.39 is 0 Å². The molecule has 2 aromatic heterocycles. The number of thiazole rings is 1. The largest absolute Gasteiger partial charge is 0.307 e. The zero-order valence-electron chi connectivity index (χ0n) is 7.53. The molecule has 0 bridgehead atoms. The van der Waals surface area contributed by atoms with Crippen LogP contribution in [0.3, 0.4) is 0 Å². The van der Waals surface area contributed by atoms with Gasteiger partial charge in [-0.05, 0) is 34.4 Å². The minimum absolute atomic E-state index is 0.212. The maximum atomic E-state index is 4.33. The van der Waals surface area contributed by atoms with E-state index >= 15 is 0 Å². The average molecular weight is 289 g/mol. The molecule has 74 valence electrons. The van der Waals surface area contributed by atoms with Crippen LogP contribution in [0.25, 0.3) is 0 Å². The van der Waals surface area contributed by atoms with Gasteiger partial charge < -0.3 is 5.32 Å². The first kappa shape index (κ1) is 10.3. The molecule has 1 unspecified atom stereocenters. The molecule has 2 rings (SSSR count). The van der Waals surface area contributed by atoms with Crippen LogP contribution >= 0.6 is 38.6 Å². The second kappa shape index (κ2) is 4.53. The molecule has 2 aromatic rings. The van der Waals surface area contributed by atoms with Crippen LogP contribution < -0.4 is 5.32 Å². The second-order valence-corrected chi connectivity index (χ2v) is 5.45. The number of nitrogens with zero attached hydrogens (tertiary/aromatic N) is 1. The molecule has 0 spiro atoms. The maximum Gasteiger partial charge on any atom is 0.115 e. The molecule has 0 fully saturated rings. The fraction of sp³-hybridized carbons (Fsp3) is 0.222. The van der Waals surface area contributed by atoms with E-state index in [2.05, 4.69) is 37.7 Å². The van der Waals surface area contributed by atoms with Gasteiger partial charge in [0.25, 0.3) is 0 Å². The van der Waals surface area contributed by atoms with Crippen LogP contribution in [0.1, 0.15) is 15.9 Å². The highest BCUT2D eigenvalue weighted by molar-refractivity contribution is 9.10. The van der Waals surface area contributed by atoms with E-state index in [1.807, 2.05) is 18.6 Å². The summed E-state index contributed by atoms with van der Waals surface area (Å²) in [6.07, 6.45) is 1.84. The smallest absolute Gasteiger partial charge is 0.115 e.